The Morgan fingerprint density at radius 2 is 1.86 bits per heavy atom. The third kappa shape index (κ3) is 4.73. The Kier molecular flexibility index (Phi) is 6.17. The third-order valence-corrected chi connectivity index (χ3v) is 4.95. The molecule has 0 aliphatic rings. The molecular weight excluding hydrogens is 402 g/mol. The molecule has 0 fully saturated rings. The van der Waals surface area contributed by atoms with E-state index in [4.69, 9.17) is 9.26 Å². The van der Waals surface area contributed by atoms with Crippen LogP contribution in [0.25, 0.3) is 5.82 Å². The number of ether oxygens (including phenoxy) is 1. The summed E-state index contributed by atoms with van der Waals surface area (Å²) in [5.41, 5.74) is 2.04. The number of thioether (sulfide) groups is 1. The number of hydrogen-bond donors (Lipinski definition) is 0. The maximum Gasteiger partial charge on any atom is 0.338 e. The van der Waals surface area contributed by atoms with Crippen molar-refractivity contribution in [3.63, 3.8) is 0 Å². The van der Waals surface area contributed by atoms with Gasteiger partial charge in [-0.15, -0.1) is 0 Å². The molecule has 0 N–H and O–H groups in total. The van der Waals surface area contributed by atoms with Gasteiger partial charge in [0.2, 0.25) is 5.78 Å². The standard InChI is InChI=1S/C20H18F2N2O4S/c1-11-8-16(13(3)24(11)18-9-12(2)28-23-18)17(25)10-27-19(26)14-4-6-15(7-5-14)29-20(21)22/h4-9,20H,10H2,1-3H3. The van der Waals surface area contributed by atoms with Crippen molar-refractivity contribution < 1.29 is 27.6 Å². The summed E-state index contributed by atoms with van der Waals surface area (Å²) in [6.45, 7) is 4.94. The smallest absolute Gasteiger partial charge is 0.338 e. The van der Waals surface area contributed by atoms with Crippen LogP contribution in [0.2, 0.25) is 0 Å². The van der Waals surface area contributed by atoms with E-state index in [2.05, 4.69) is 5.16 Å². The minimum atomic E-state index is -2.54. The van der Waals surface area contributed by atoms with Crippen molar-refractivity contribution in [1.82, 2.24) is 9.72 Å². The number of nitrogens with zero attached hydrogens (tertiary/aromatic N) is 2. The number of alkyl halides is 2. The molecule has 152 valence electrons. The first kappa shape index (κ1) is 20.8. The average Bonchev–Trinajstić information content (AvgIpc) is 3.22. The fraction of sp³-hybridized carbons (Fsp3) is 0.250. The van der Waals surface area contributed by atoms with Crippen LogP contribution in [0.1, 0.15) is 37.9 Å². The van der Waals surface area contributed by atoms with Gasteiger partial charge in [0.15, 0.2) is 12.4 Å². The molecule has 0 aliphatic carbocycles. The fourth-order valence-electron chi connectivity index (χ4n) is 2.92. The molecule has 0 bridgehead atoms. The number of aryl methyl sites for hydroxylation is 2. The van der Waals surface area contributed by atoms with Crippen molar-refractivity contribution in [3.05, 3.63) is 64.7 Å². The average molecular weight is 420 g/mol. The minimum Gasteiger partial charge on any atom is -0.454 e. The predicted octanol–water partition coefficient (Wildman–Crippen LogP) is 4.74. The van der Waals surface area contributed by atoms with E-state index < -0.39 is 18.3 Å². The van der Waals surface area contributed by atoms with Crippen molar-refractivity contribution in [1.29, 1.82) is 0 Å². The maximum atomic E-state index is 12.6. The molecule has 0 saturated carbocycles. The number of carbonyl (C=O) groups excluding carboxylic acids is 2. The van der Waals surface area contributed by atoms with Gasteiger partial charge < -0.3 is 9.26 Å². The zero-order valence-electron chi connectivity index (χ0n) is 15.9. The lowest BCUT2D eigenvalue weighted by molar-refractivity contribution is 0.0474. The SMILES string of the molecule is Cc1cc(-n2c(C)cc(C(=O)COC(=O)c3ccc(SC(F)F)cc3)c2C)no1. The summed E-state index contributed by atoms with van der Waals surface area (Å²) in [6.07, 6.45) is 0. The number of Topliss-reactive ketones (excluding diaryl/α,β-unsaturated/α-hetero) is 1. The molecule has 2 heterocycles. The molecular formula is C20H18F2N2O4S. The summed E-state index contributed by atoms with van der Waals surface area (Å²) in [5.74, 6) is -2.39. The van der Waals surface area contributed by atoms with Crippen LogP contribution in [-0.4, -0.2) is 33.8 Å². The van der Waals surface area contributed by atoms with Crippen molar-refractivity contribution >= 4 is 23.5 Å². The van der Waals surface area contributed by atoms with Crippen molar-refractivity contribution in [3.8, 4) is 5.82 Å². The summed E-state index contributed by atoms with van der Waals surface area (Å²) in [7, 11) is 0. The van der Waals surface area contributed by atoms with Crippen LogP contribution in [0.15, 0.2) is 45.8 Å². The lowest BCUT2D eigenvalue weighted by Crippen LogP contribution is -2.15. The monoisotopic (exact) mass is 420 g/mol. The largest absolute Gasteiger partial charge is 0.454 e. The molecule has 9 heteroatoms. The van der Waals surface area contributed by atoms with Gasteiger partial charge in [0.25, 0.3) is 5.76 Å². The molecule has 6 nitrogen and oxygen atoms in total. The second-order valence-electron chi connectivity index (χ2n) is 6.32. The highest BCUT2D eigenvalue weighted by atomic mass is 32.2. The third-order valence-electron chi connectivity index (χ3n) is 4.23. The number of rotatable bonds is 7. The summed E-state index contributed by atoms with van der Waals surface area (Å²) >= 11 is 0.386. The van der Waals surface area contributed by atoms with Gasteiger partial charge in [-0.25, -0.2) is 4.79 Å². The molecule has 0 radical (unpaired) electrons. The van der Waals surface area contributed by atoms with Gasteiger partial charge >= 0.3 is 5.97 Å². The van der Waals surface area contributed by atoms with Crippen LogP contribution >= 0.6 is 11.8 Å². The molecule has 0 amide bonds. The Bertz CT molecular complexity index is 1040. The Morgan fingerprint density at radius 1 is 1.17 bits per heavy atom. The van der Waals surface area contributed by atoms with Crippen LogP contribution in [0.4, 0.5) is 8.78 Å². The summed E-state index contributed by atoms with van der Waals surface area (Å²) in [5, 5.41) is 3.96. The van der Waals surface area contributed by atoms with Gasteiger partial charge in [0.05, 0.1) is 5.56 Å². The number of carbonyl (C=O) groups is 2. The van der Waals surface area contributed by atoms with E-state index in [9.17, 15) is 18.4 Å². The maximum absolute atomic E-state index is 12.6. The van der Waals surface area contributed by atoms with Crippen LogP contribution in [0.5, 0.6) is 0 Å². The highest BCUT2D eigenvalue weighted by molar-refractivity contribution is 7.99. The second kappa shape index (κ2) is 8.60. The fourth-order valence-corrected chi connectivity index (χ4v) is 3.42. The molecule has 1 aromatic carbocycles. The topological polar surface area (TPSA) is 74.3 Å². The number of esters is 1. The van der Waals surface area contributed by atoms with E-state index in [1.165, 1.54) is 24.3 Å². The van der Waals surface area contributed by atoms with Gasteiger partial charge in [0, 0.05) is 27.9 Å². The highest BCUT2D eigenvalue weighted by Gasteiger charge is 2.20. The van der Waals surface area contributed by atoms with E-state index in [0.29, 0.717) is 39.5 Å². The molecule has 0 saturated heterocycles. The van der Waals surface area contributed by atoms with E-state index in [0.717, 1.165) is 5.69 Å². The van der Waals surface area contributed by atoms with Gasteiger partial charge in [0.1, 0.15) is 5.76 Å². The molecule has 0 aliphatic heterocycles. The quantitative estimate of drug-likeness (QED) is 0.312. The first-order valence-electron chi connectivity index (χ1n) is 8.64. The highest BCUT2D eigenvalue weighted by Crippen LogP contribution is 2.25. The van der Waals surface area contributed by atoms with Crippen LogP contribution in [0, 0.1) is 20.8 Å². The van der Waals surface area contributed by atoms with Crippen LogP contribution < -0.4 is 0 Å². The van der Waals surface area contributed by atoms with Crippen LogP contribution in [-0.2, 0) is 4.74 Å². The van der Waals surface area contributed by atoms with Crippen molar-refractivity contribution in [2.75, 3.05) is 6.61 Å². The molecule has 29 heavy (non-hydrogen) atoms. The Balaban J connectivity index is 1.67. The first-order valence-corrected chi connectivity index (χ1v) is 9.52. The zero-order valence-corrected chi connectivity index (χ0v) is 16.8. The number of benzene rings is 1. The number of halogens is 2. The summed E-state index contributed by atoms with van der Waals surface area (Å²) in [4.78, 5) is 25.0. The Hall–Kier alpha value is -2.94. The van der Waals surface area contributed by atoms with E-state index in [1.54, 1.807) is 30.5 Å². The van der Waals surface area contributed by atoms with E-state index >= 15 is 0 Å². The lowest BCUT2D eigenvalue weighted by Gasteiger charge is -2.07. The Labute approximate surface area is 169 Å². The van der Waals surface area contributed by atoms with E-state index in [-0.39, 0.29) is 11.3 Å². The number of ketones is 1. The molecule has 2 aromatic heterocycles. The van der Waals surface area contributed by atoms with Gasteiger partial charge in [-0.2, -0.15) is 8.78 Å². The zero-order chi connectivity index (χ0) is 21.1. The number of aromatic nitrogens is 2. The van der Waals surface area contributed by atoms with Gasteiger partial charge in [-0.3, -0.25) is 9.36 Å². The molecule has 3 rings (SSSR count). The van der Waals surface area contributed by atoms with Gasteiger partial charge in [-0.1, -0.05) is 16.9 Å². The van der Waals surface area contributed by atoms with Crippen LogP contribution in [0.3, 0.4) is 0 Å². The molecule has 0 spiro atoms. The lowest BCUT2D eigenvalue weighted by atomic mass is 10.1. The van der Waals surface area contributed by atoms with Crippen molar-refractivity contribution in [2.45, 2.75) is 31.4 Å². The number of hydrogen-bond acceptors (Lipinski definition) is 6. The molecule has 0 unspecified atom stereocenters. The Morgan fingerprint density at radius 3 is 2.45 bits per heavy atom. The normalized spacial score (nSPS) is 11.1. The molecule has 3 aromatic rings. The van der Waals surface area contributed by atoms with Crippen molar-refractivity contribution in [2.24, 2.45) is 0 Å². The summed E-state index contributed by atoms with van der Waals surface area (Å²) in [6, 6.07) is 9.04. The first-order chi connectivity index (χ1) is 13.8. The van der Waals surface area contributed by atoms with E-state index in [1.807, 2.05) is 6.92 Å². The summed E-state index contributed by atoms with van der Waals surface area (Å²) < 4.78 is 36.7. The minimum absolute atomic E-state index is 0.181. The van der Waals surface area contributed by atoms with Gasteiger partial charge in [-0.05, 0) is 51.1 Å². The molecule has 0 atom stereocenters. The predicted molar refractivity (Wildman–Crippen MR) is 103 cm³/mol. The second-order valence-corrected chi connectivity index (χ2v) is 7.38.